The summed E-state index contributed by atoms with van der Waals surface area (Å²) >= 11 is 0. The van der Waals surface area contributed by atoms with Gasteiger partial charge in [-0.3, -0.25) is 9.69 Å². The second-order valence-electron chi connectivity index (χ2n) is 11.7. The number of fused-ring (bicyclic) bond motifs is 2. The van der Waals surface area contributed by atoms with Crippen LogP contribution in [-0.2, 0) is 6.18 Å². The van der Waals surface area contributed by atoms with Crippen LogP contribution in [0.4, 0.5) is 29.3 Å². The van der Waals surface area contributed by atoms with Crippen LogP contribution in [-0.4, -0.2) is 41.7 Å². The largest absolute Gasteiger partial charge is 0.473 e. The topological polar surface area (TPSA) is 91.9 Å². The average Bonchev–Trinajstić information content (AvgIpc) is 3.17. The maximum absolute atomic E-state index is 13.9. The molecule has 2 aliphatic rings. The molecule has 3 aromatic carbocycles. The number of carbonyl (C=O) groups is 2. The van der Waals surface area contributed by atoms with Crippen molar-refractivity contribution in [2.24, 2.45) is 0 Å². The number of anilines is 2. The molecule has 2 aliphatic heterocycles. The van der Waals surface area contributed by atoms with E-state index in [4.69, 9.17) is 9.47 Å². The second kappa shape index (κ2) is 13.4. The van der Waals surface area contributed by atoms with Crippen LogP contribution < -0.4 is 25.4 Å². The Bertz CT molecular complexity index is 1490. The van der Waals surface area contributed by atoms with E-state index in [-0.39, 0.29) is 29.1 Å². The fraction of sp³-hybridized carbons (Fsp3) is 0.412. The molecule has 2 saturated heterocycles. The van der Waals surface area contributed by atoms with Crippen molar-refractivity contribution in [2.75, 3.05) is 17.7 Å². The highest BCUT2D eigenvalue weighted by Gasteiger charge is 2.48. The van der Waals surface area contributed by atoms with Crippen LogP contribution in [0.2, 0.25) is 0 Å². The van der Waals surface area contributed by atoms with Gasteiger partial charge in [0.2, 0.25) is 0 Å². The van der Waals surface area contributed by atoms with Gasteiger partial charge in [0.05, 0.1) is 0 Å². The molecule has 0 aromatic heterocycles. The lowest BCUT2D eigenvalue weighted by atomic mass is 10.0. The summed E-state index contributed by atoms with van der Waals surface area (Å²) in [6, 6.07) is 16.3. The maximum atomic E-state index is 13.9. The Morgan fingerprint density at radius 3 is 2.24 bits per heavy atom. The molecular formula is C34H39F3N4O4. The summed E-state index contributed by atoms with van der Waals surface area (Å²) in [6.45, 7) is 3.83. The number of nitrogens with one attached hydrogen (secondary N) is 3. The van der Waals surface area contributed by atoms with E-state index in [2.05, 4.69) is 27.9 Å². The number of hydrogen-bond donors (Lipinski definition) is 3. The summed E-state index contributed by atoms with van der Waals surface area (Å²) in [5.41, 5.74) is -0.427. The minimum atomic E-state index is -4.72. The number of piperidine rings is 1. The number of nitrogens with zero attached hydrogens (tertiary/aromatic N) is 1. The zero-order chi connectivity index (χ0) is 32.2. The van der Waals surface area contributed by atoms with Crippen LogP contribution in [0.15, 0.2) is 66.7 Å². The van der Waals surface area contributed by atoms with E-state index in [1.165, 1.54) is 24.6 Å². The Labute approximate surface area is 261 Å². The van der Waals surface area contributed by atoms with Gasteiger partial charge in [-0.05, 0) is 106 Å². The molecule has 3 aromatic rings. The van der Waals surface area contributed by atoms with E-state index in [0.717, 1.165) is 43.6 Å². The van der Waals surface area contributed by atoms with Crippen LogP contribution in [0.25, 0.3) is 0 Å². The third-order valence-electron chi connectivity index (χ3n) is 8.79. The van der Waals surface area contributed by atoms with Crippen molar-refractivity contribution in [2.45, 2.75) is 82.8 Å². The Morgan fingerprint density at radius 2 is 1.58 bits per heavy atom. The van der Waals surface area contributed by atoms with Crippen LogP contribution in [0, 0.1) is 0 Å². The number of carbonyl (C=O) groups excluding carboxylic acids is 2. The fourth-order valence-corrected chi connectivity index (χ4v) is 6.12. The van der Waals surface area contributed by atoms with Gasteiger partial charge in [0.15, 0.2) is 5.72 Å². The van der Waals surface area contributed by atoms with E-state index in [1.54, 1.807) is 36.4 Å². The summed E-state index contributed by atoms with van der Waals surface area (Å²) in [5.74, 6) is 0.113. The van der Waals surface area contributed by atoms with E-state index in [9.17, 15) is 22.8 Å². The van der Waals surface area contributed by atoms with Gasteiger partial charge < -0.3 is 25.4 Å². The molecule has 2 atom stereocenters. The number of ether oxygens (including phenoxy) is 2. The monoisotopic (exact) mass is 624 g/mol. The zero-order valence-electron chi connectivity index (χ0n) is 25.7. The van der Waals surface area contributed by atoms with E-state index in [0.29, 0.717) is 30.1 Å². The number of urea groups is 1. The molecule has 2 bridgehead atoms. The summed E-state index contributed by atoms with van der Waals surface area (Å²) in [5, 5.41) is 7.98. The maximum Gasteiger partial charge on any atom is 0.420 e. The molecule has 8 nitrogen and oxygen atoms in total. The summed E-state index contributed by atoms with van der Waals surface area (Å²) in [7, 11) is 2.12. The van der Waals surface area contributed by atoms with Crippen molar-refractivity contribution >= 4 is 23.3 Å². The van der Waals surface area contributed by atoms with Crippen molar-refractivity contribution in [1.29, 1.82) is 0 Å². The molecule has 11 heteroatoms. The van der Waals surface area contributed by atoms with Crippen LogP contribution >= 0.6 is 0 Å². The third kappa shape index (κ3) is 7.53. The average molecular weight is 625 g/mol. The second-order valence-corrected chi connectivity index (χ2v) is 11.7. The highest BCUT2D eigenvalue weighted by Crippen LogP contribution is 2.44. The molecule has 5 rings (SSSR count). The van der Waals surface area contributed by atoms with Gasteiger partial charge >= 0.3 is 12.2 Å². The van der Waals surface area contributed by atoms with Crippen LogP contribution in [0.3, 0.4) is 0 Å². The number of rotatable bonds is 10. The van der Waals surface area contributed by atoms with Crippen LogP contribution in [0.5, 0.6) is 17.2 Å². The van der Waals surface area contributed by atoms with Crippen molar-refractivity contribution < 1.29 is 32.2 Å². The van der Waals surface area contributed by atoms with Crippen molar-refractivity contribution in [3.63, 3.8) is 0 Å². The quantitative estimate of drug-likeness (QED) is 0.211. The standard InChI is InChI=1S/C34H39F3N4O4/c1-4-23(5-2)39-32(43)40-25-12-17-30(29(21-25)34(35,36)37)44-27-15-10-24(11-16-27)38-31(42)22-8-13-28(14-9-22)45-33-19-6-7-26(18-20-33)41(33)3/h8-17,21,23,26H,4-7,18-20H2,1-3H3,(H,38,42)(H2,39,40,43). The smallest absolute Gasteiger partial charge is 0.420 e. The molecular weight excluding hydrogens is 585 g/mol. The molecule has 3 N–H and O–H groups in total. The lowest BCUT2D eigenvalue weighted by molar-refractivity contribution is -0.138. The fourth-order valence-electron chi connectivity index (χ4n) is 6.12. The summed E-state index contributed by atoms with van der Waals surface area (Å²) in [4.78, 5) is 27.4. The highest BCUT2D eigenvalue weighted by molar-refractivity contribution is 6.04. The Hall–Kier alpha value is -4.25. The molecule has 45 heavy (non-hydrogen) atoms. The number of benzene rings is 3. The highest BCUT2D eigenvalue weighted by atomic mass is 19.4. The Kier molecular flexibility index (Phi) is 9.57. The normalized spacial score (nSPS) is 19.7. The van der Waals surface area contributed by atoms with Gasteiger partial charge in [-0.15, -0.1) is 0 Å². The van der Waals surface area contributed by atoms with Gasteiger partial charge in [0, 0.05) is 41.9 Å². The van der Waals surface area contributed by atoms with Crippen molar-refractivity contribution in [3.8, 4) is 17.2 Å². The molecule has 2 heterocycles. The van der Waals surface area contributed by atoms with E-state index >= 15 is 0 Å². The lowest BCUT2D eigenvalue weighted by Crippen LogP contribution is -2.51. The third-order valence-corrected chi connectivity index (χ3v) is 8.79. The van der Waals surface area contributed by atoms with Crippen molar-refractivity contribution in [1.82, 2.24) is 10.2 Å². The SMILES string of the molecule is CCC(CC)NC(=O)Nc1ccc(Oc2ccc(NC(=O)c3ccc(OC45CCCC(CC4)N5C)cc3)cc2)c(C(F)(F)F)c1. The Balaban J connectivity index is 1.20. The molecule has 3 amide bonds. The zero-order valence-corrected chi connectivity index (χ0v) is 25.7. The van der Waals surface area contributed by atoms with Gasteiger partial charge in [0.25, 0.3) is 5.91 Å². The molecule has 0 saturated carbocycles. The first-order valence-electron chi connectivity index (χ1n) is 15.4. The van der Waals surface area contributed by atoms with Gasteiger partial charge in [-0.1, -0.05) is 13.8 Å². The summed E-state index contributed by atoms with van der Waals surface area (Å²) in [6.07, 6.45) is 2.14. The molecule has 2 fully saturated rings. The predicted molar refractivity (Wildman–Crippen MR) is 167 cm³/mol. The number of alkyl halides is 3. The number of amides is 3. The number of halogens is 3. The van der Waals surface area contributed by atoms with Gasteiger partial charge in [-0.25, -0.2) is 4.79 Å². The first-order valence-corrected chi connectivity index (χ1v) is 15.4. The number of hydrogen-bond acceptors (Lipinski definition) is 5. The van der Waals surface area contributed by atoms with E-state index in [1.807, 2.05) is 13.8 Å². The molecule has 240 valence electrons. The lowest BCUT2D eigenvalue weighted by Gasteiger charge is -2.42. The van der Waals surface area contributed by atoms with E-state index < -0.39 is 23.5 Å². The van der Waals surface area contributed by atoms with Gasteiger partial charge in [0.1, 0.15) is 22.8 Å². The first kappa shape index (κ1) is 32.2. The van der Waals surface area contributed by atoms with Crippen molar-refractivity contribution in [3.05, 3.63) is 77.9 Å². The first-order chi connectivity index (χ1) is 21.5. The predicted octanol–water partition coefficient (Wildman–Crippen LogP) is 8.41. The molecule has 2 unspecified atom stereocenters. The summed E-state index contributed by atoms with van der Waals surface area (Å²) < 4.78 is 53.7. The minimum absolute atomic E-state index is 0.0102. The minimum Gasteiger partial charge on any atom is -0.473 e. The Morgan fingerprint density at radius 1 is 0.911 bits per heavy atom. The molecule has 0 spiro atoms. The van der Waals surface area contributed by atoms with Gasteiger partial charge in [-0.2, -0.15) is 13.2 Å². The molecule has 0 radical (unpaired) electrons. The molecule has 0 aliphatic carbocycles. The van der Waals surface area contributed by atoms with Crippen LogP contribution in [0.1, 0.15) is 74.7 Å².